The molecule has 1 aromatic heterocycles. The first-order valence-electron chi connectivity index (χ1n) is 12.1. The minimum absolute atomic E-state index is 0. The molecule has 1 N–H and O–H groups in total. The number of aryl methyl sites for hydroxylation is 1. The van der Waals surface area contributed by atoms with E-state index in [1.807, 2.05) is 26.8 Å². The molecule has 0 unspecified atom stereocenters. The van der Waals surface area contributed by atoms with Gasteiger partial charge in [-0.3, -0.25) is 14.8 Å². The number of carbonyl (C=O) groups excluding carboxylic acids is 1. The number of amides is 2. The molecule has 0 atom stereocenters. The standard InChI is InChI=1S/C27H35N5O.ClH/c1-4-28-27(33)32(5-2)23-9-6-8-22(20-23)14-15-30-16-18-31(19-17-30)26-11-7-10-25-24(26)13-12-21(3)29-25;/h6-13,20H,4-5,14-19H2,1-3H3,(H,28,33);1H. The Kier molecular flexibility index (Phi) is 9.13. The Balaban J connectivity index is 0.00000324. The average Bonchev–Trinajstić information content (AvgIpc) is 2.83. The Hall–Kier alpha value is -2.83. The van der Waals surface area contributed by atoms with E-state index >= 15 is 0 Å². The fraction of sp³-hybridized carbons (Fsp3) is 0.407. The third-order valence-electron chi connectivity index (χ3n) is 6.39. The first kappa shape index (κ1) is 25.8. The quantitative estimate of drug-likeness (QED) is 0.522. The Morgan fingerprint density at radius 1 is 1.03 bits per heavy atom. The molecule has 1 saturated heterocycles. The van der Waals surface area contributed by atoms with Crippen molar-refractivity contribution in [1.29, 1.82) is 0 Å². The maximum atomic E-state index is 12.3. The number of halogens is 1. The van der Waals surface area contributed by atoms with Crippen LogP contribution in [0.25, 0.3) is 10.9 Å². The summed E-state index contributed by atoms with van der Waals surface area (Å²) in [5.41, 5.74) is 5.65. The summed E-state index contributed by atoms with van der Waals surface area (Å²) in [5.74, 6) is 0. The van der Waals surface area contributed by atoms with Gasteiger partial charge in [-0.25, -0.2) is 4.79 Å². The lowest BCUT2D eigenvalue weighted by Crippen LogP contribution is -2.47. The van der Waals surface area contributed by atoms with Gasteiger partial charge in [-0.05, 0) is 69.2 Å². The molecule has 4 rings (SSSR count). The summed E-state index contributed by atoms with van der Waals surface area (Å²) in [7, 11) is 0. The topological polar surface area (TPSA) is 51.7 Å². The van der Waals surface area contributed by atoms with Crippen molar-refractivity contribution in [3.8, 4) is 0 Å². The van der Waals surface area contributed by atoms with Gasteiger partial charge >= 0.3 is 6.03 Å². The molecule has 0 saturated carbocycles. The van der Waals surface area contributed by atoms with E-state index in [2.05, 4.69) is 63.6 Å². The van der Waals surface area contributed by atoms with Gasteiger partial charge in [-0.1, -0.05) is 18.2 Å². The van der Waals surface area contributed by atoms with E-state index in [0.29, 0.717) is 13.1 Å². The number of piperazine rings is 1. The first-order chi connectivity index (χ1) is 16.1. The third-order valence-corrected chi connectivity index (χ3v) is 6.39. The van der Waals surface area contributed by atoms with Crippen molar-refractivity contribution < 1.29 is 4.79 Å². The zero-order chi connectivity index (χ0) is 23.2. The molecule has 3 aromatic rings. The van der Waals surface area contributed by atoms with Gasteiger partial charge in [-0.15, -0.1) is 12.4 Å². The zero-order valence-electron chi connectivity index (χ0n) is 20.5. The number of pyridine rings is 1. The summed E-state index contributed by atoms with van der Waals surface area (Å²) >= 11 is 0. The number of fused-ring (bicyclic) bond motifs is 1. The summed E-state index contributed by atoms with van der Waals surface area (Å²) in [6.45, 7) is 12.5. The highest BCUT2D eigenvalue weighted by Crippen LogP contribution is 2.27. The van der Waals surface area contributed by atoms with Crippen molar-refractivity contribution in [3.05, 3.63) is 65.9 Å². The fourth-order valence-electron chi connectivity index (χ4n) is 4.59. The second kappa shape index (κ2) is 12.0. The van der Waals surface area contributed by atoms with Gasteiger partial charge in [0.2, 0.25) is 0 Å². The van der Waals surface area contributed by atoms with Crippen molar-refractivity contribution in [2.45, 2.75) is 27.2 Å². The fourth-order valence-corrected chi connectivity index (χ4v) is 4.59. The predicted molar refractivity (Wildman–Crippen MR) is 145 cm³/mol. The van der Waals surface area contributed by atoms with Gasteiger partial charge in [0, 0.05) is 68.3 Å². The van der Waals surface area contributed by atoms with Crippen molar-refractivity contribution in [2.24, 2.45) is 0 Å². The molecule has 2 amide bonds. The van der Waals surface area contributed by atoms with E-state index in [9.17, 15) is 4.79 Å². The van der Waals surface area contributed by atoms with Gasteiger partial charge in [0.1, 0.15) is 0 Å². The van der Waals surface area contributed by atoms with Crippen LogP contribution in [0.4, 0.5) is 16.2 Å². The first-order valence-corrected chi connectivity index (χ1v) is 12.1. The molecule has 0 spiro atoms. The maximum Gasteiger partial charge on any atom is 0.321 e. The lowest BCUT2D eigenvalue weighted by Gasteiger charge is -2.36. The molecule has 1 aliphatic heterocycles. The normalized spacial score (nSPS) is 14.0. The van der Waals surface area contributed by atoms with Gasteiger partial charge < -0.3 is 10.2 Å². The number of carbonyl (C=O) groups is 1. The van der Waals surface area contributed by atoms with E-state index in [-0.39, 0.29) is 18.4 Å². The van der Waals surface area contributed by atoms with Crippen LogP contribution in [-0.2, 0) is 6.42 Å². The van der Waals surface area contributed by atoms with Crippen LogP contribution in [0.15, 0.2) is 54.6 Å². The molecule has 0 radical (unpaired) electrons. The van der Waals surface area contributed by atoms with E-state index in [0.717, 1.165) is 56.0 Å². The highest BCUT2D eigenvalue weighted by molar-refractivity contribution is 5.92. The van der Waals surface area contributed by atoms with Crippen LogP contribution in [0.2, 0.25) is 0 Å². The molecule has 1 fully saturated rings. The number of aromatic nitrogens is 1. The number of rotatable bonds is 7. The van der Waals surface area contributed by atoms with Crippen LogP contribution >= 0.6 is 12.4 Å². The summed E-state index contributed by atoms with van der Waals surface area (Å²) in [4.78, 5) is 23.9. The van der Waals surface area contributed by atoms with E-state index < -0.39 is 0 Å². The van der Waals surface area contributed by atoms with Crippen LogP contribution in [0.3, 0.4) is 0 Å². The lowest BCUT2D eigenvalue weighted by molar-refractivity contribution is 0.247. The minimum atomic E-state index is -0.0351. The molecular weight excluding hydrogens is 446 g/mol. The Morgan fingerprint density at radius 3 is 2.53 bits per heavy atom. The number of anilines is 2. The number of nitrogens with one attached hydrogen (secondary N) is 1. The van der Waals surface area contributed by atoms with Crippen molar-refractivity contribution in [1.82, 2.24) is 15.2 Å². The van der Waals surface area contributed by atoms with E-state index in [4.69, 9.17) is 4.98 Å². The van der Waals surface area contributed by atoms with Crippen LogP contribution < -0.4 is 15.1 Å². The zero-order valence-corrected chi connectivity index (χ0v) is 21.3. The number of hydrogen-bond acceptors (Lipinski definition) is 4. The number of hydrogen-bond donors (Lipinski definition) is 1. The van der Waals surface area contributed by atoms with Crippen LogP contribution in [0.5, 0.6) is 0 Å². The van der Waals surface area contributed by atoms with Crippen LogP contribution in [0.1, 0.15) is 25.1 Å². The van der Waals surface area contributed by atoms with Crippen molar-refractivity contribution >= 4 is 40.7 Å². The van der Waals surface area contributed by atoms with E-state index in [1.165, 1.54) is 16.6 Å². The summed E-state index contributed by atoms with van der Waals surface area (Å²) in [6.07, 6.45) is 0.984. The van der Waals surface area contributed by atoms with Crippen LogP contribution in [-0.4, -0.2) is 61.7 Å². The predicted octanol–water partition coefficient (Wildman–Crippen LogP) is 4.89. The van der Waals surface area contributed by atoms with Crippen LogP contribution in [0, 0.1) is 6.92 Å². The van der Waals surface area contributed by atoms with Gasteiger partial charge in [-0.2, -0.15) is 0 Å². The summed E-state index contributed by atoms with van der Waals surface area (Å²) < 4.78 is 0. The molecule has 6 nitrogen and oxygen atoms in total. The number of benzene rings is 2. The average molecular weight is 482 g/mol. The Labute approximate surface area is 209 Å². The van der Waals surface area contributed by atoms with E-state index in [1.54, 1.807) is 4.90 Å². The van der Waals surface area contributed by atoms with Gasteiger partial charge in [0.15, 0.2) is 0 Å². The summed E-state index contributed by atoms with van der Waals surface area (Å²) in [6, 6.07) is 19.1. The number of urea groups is 1. The minimum Gasteiger partial charge on any atom is -0.368 e. The Bertz CT molecular complexity index is 1100. The molecule has 182 valence electrons. The highest BCUT2D eigenvalue weighted by atomic mass is 35.5. The largest absolute Gasteiger partial charge is 0.368 e. The molecule has 2 aromatic carbocycles. The molecule has 34 heavy (non-hydrogen) atoms. The second-order valence-electron chi connectivity index (χ2n) is 8.62. The monoisotopic (exact) mass is 481 g/mol. The number of nitrogens with zero attached hydrogens (tertiary/aromatic N) is 4. The molecular formula is C27H36ClN5O. The van der Waals surface area contributed by atoms with Crippen molar-refractivity contribution in [2.75, 3.05) is 55.6 Å². The molecule has 0 bridgehead atoms. The smallest absolute Gasteiger partial charge is 0.321 e. The Morgan fingerprint density at radius 2 is 1.79 bits per heavy atom. The lowest BCUT2D eigenvalue weighted by atomic mass is 10.1. The summed E-state index contributed by atoms with van der Waals surface area (Å²) in [5, 5.41) is 4.14. The highest BCUT2D eigenvalue weighted by Gasteiger charge is 2.19. The second-order valence-corrected chi connectivity index (χ2v) is 8.62. The molecule has 2 heterocycles. The van der Waals surface area contributed by atoms with Gasteiger partial charge in [0.25, 0.3) is 0 Å². The molecule has 0 aliphatic carbocycles. The van der Waals surface area contributed by atoms with Gasteiger partial charge in [0.05, 0.1) is 5.52 Å². The SMILES string of the molecule is CCNC(=O)N(CC)c1cccc(CCN2CCN(c3cccc4nc(C)ccc34)CC2)c1.Cl. The molecule has 7 heteroatoms. The third kappa shape index (κ3) is 5.99. The molecule has 1 aliphatic rings. The maximum absolute atomic E-state index is 12.3. The van der Waals surface area contributed by atoms with Crippen molar-refractivity contribution in [3.63, 3.8) is 0 Å².